The number of nitrogens with one attached hydrogen (secondary N) is 2. The van der Waals surface area contributed by atoms with E-state index in [2.05, 4.69) is 10.3 Å². The van der Waals surface area contributed by atoms with Crippen molar-refractivity contribution >= 4 is 34.3 Å². The lowest BCUT2D eigenvalue weighted by atomic mass is 10.2. The van der Waals surface area contributed by atoms with Crippen molar-refractivity contribution in [2.24, 2.45) is 0 Å². The van der Waals surface area contributed by atoms with Crippen LogP contribution < -0.4 is 16.6 Å². The van der Waals surface area contributed by atoms with Gasteiger partial charge in [0.25, 0.3) is 5.56 Å². The lowest BCUT2D eigenvalue weighted by Crippen LogP contribution is -2.29. The Morgan fingerprint density at radius 3 is 2.59 bits per heavy atom. The van der Waals surface area contributed by atoms with Crippen LogP contribution in [0.1, 0.15) is 20.8 Å². The SMILES string of the molecule is CC(C)(C)OC(=O)Nc1cccc(-n2c(=O)[nH]c(=O)c3ccc(Cl)cc32)c1. The molecule has 3 rings (SSSR count). The maximum atomic E-state index is 12.4. The number of hydrogen-bond donors (Lipinski definition) is 2. The first-order valence-electron chi connectivity index (χ1n) is 8.19. The van der Waals surface area contributed by atoms with Crippen LogP contribution >= 0.6 is 11.6 Å². The van der Waals surface area contributed by atoms with Gasteiger partial charge in [0.05, 0.1) is 16.6 Å². The first kappa shape index (κ1) is 18.7. The number of rotatable bonds is 2. The van der Waals surface area contributed by atoms with Gasteiger partial charge in [0.2, 0.25) is 0 Å². The quantitative estimate of drug-likeness (QED) is 0.701. The van der Waals surface area contributed by atoms with Gasteiger partial charge in [-0.2, -0.15) is 0 Å². The number of nitrogens with zero attached hydrogens (tertiary/aromatic N) is 1. The Hall–Kier alpha value is -3.06. The molecule has 1 heterocycles. The molecule has 0 unspecified atom stereocenters. The van der Waals surface area contributed by atoms with Crippen molar-refractivity contribution in [1.82, 2.24) is 9.55 Å². The molecule has 0 fully saturated rings. The number of halogens is 1. The van der Waals surface area contributed by atoms with E-state index in [9.17, 15) is 14.4 Å². The van der Waals surface area contributed by atoms with E-state index < -0.39 is 22.9 Å². The molecule has 27 heavy (non-hydrogen) atoms. The Balaban J connectivity index is 2.08. The molecule has 2 aromatic carbocycles. The Morgan fingerprint density at radius 2 is 1.89 bits per heavy atom. The summed E-state index contributed by atoms with van der Waals surface area (Å²) in [5, 5.41) is 3.34. The first-order valence-corrected chi connectivity index (χ1v) is 8.57. The summed E-state index contributed by atoms with van der Waals surface area (Å²) in [7, 11) is 0. The number of H-pyrrole nitrogens is 1. The number of aromatic amines is 1. The van der Waals surface area contributed by atoms with Crippen LogP contribution in [0.4, 0.5) is 10.5 Å². The molecule has 0 aliphatic carbocycles. The first-order chi connectivity index (χ1) is 12.6. The van der Waals surface area contributed by atoms with E-state index in [0.717, 1.165) is 0 Å². The molecule has 0 aliphatic rings. The minimum atomic E-state index is -0.634. The normalized spacial score (nSPS) is 11.4. The largest absolute Gasteiger partial charge is 0.444 e. The van der Waals surface area contributed by atoms with E-state index in [1.807, 2.05) is 0 Å². The summed E-state index contributed by atoms with van der Waals surface area (Å²) < 4.78 is 6.55. The number of fused-ring (bicyclic) bond motifs is 1. The van der Waals surface area contributed by atoms with Gasteiger partial charge in [-0.1, -0.05) is 17.7 Å². The lowest BCUT2D eigenvalue weighted by Gasteiger charge is -2.20. The Morgan fingerprint density at radius 1 is 1.15 bits per heavy atom. The molecular formula is C19H18ClN3O4. The predicted molar refractivity (Wildman–Crippen MR) is 105 cm³/mol. The minimum absolute atomic E-state index is 0.324. The lowest BCUT2D eigenvalue weighted by molar-refractivity contribution is 0.0636. The van der Waals surface area contributed by atoms with Crippen LogP contribution in [0.25, 0.3) is 16.6 Å². The zero-order valence-corrected chi connectivity index (χ0v) is 15.8. The van der Waals surface area contributed by atoms with Crippen molar-refractivity contribution in [2.45, 2.75) is 26.4 Å². The number of aromatic nitrogens is 2. The molecule has 0 radical (unpaired) electrons. The van der Waals surface area contributed by atoms with Gasteiger partial charge in [0.15, 0.2) is 0 Å². The summed E-state index contributed by atoms with van der Waals surface area (Å²) in [4.78, 5) is 38.8. The molecule has 0 bridgehead atoms. The van der Waals surface area contributed by atoms with E-state index in [1.54, 1.807) is 63.2 Å². The van der Waals surface area contributed by atoms with E-state index >= 15 is 0 Å². The minimum Gasteiger partial charge on any atom is -0.444 e. The van der Waals surface area contributed by atoms with Gasteiger partial charge in [0.1, 0.15) is 5.60 Å². The average molecular weight is 388 g/mol. The second-order valence-corrected chi connectivity index (χ2v) is 7.37. The second-order valence-electron chi connectivity index (χ2n) is 6.93. The highest BCUT2D eigenvalue weighted by molar-refractivity contribution is 6.31. The molecule has 0 saturated carbocycles. The number of benzene rings is 2. The van der Waals surface area contributed by atoms with E-state index in [0.29, 0.717) is 27.3 Å². The van der Waals surface area contributed by atoms with E-state index in [-0.39, 0.29) is 0 Å². The number of carbonyl (C=O) groups is 1. The molecule has 2 N–H and O–H groups in total. The Kier molecular flexibility index (Phi) is 4.80. The van der Waals surface area contributed by atoms with Gasteiger partial charge in [0, 0.05) is 10.7 Å². The molecule has 3 aromatic rings. The molecule has 8 heteroatoms. The summed E-state index contributed by atoms with van der Waals surface area (Å²) in [6.07, 6.45) is -0.610. The van der Waals surface area contributed by atoms with Gasteiger partial charge in [-0.15, -0.1) is 0 Å². The fourth-order valence-electron chi connectivity index (χ4n) is 2.61. The molecule has 140 valence electrons. The zero-order chi connectivity index (χ0) is 19.8. The Labute approximate surface area is 159 Å². The van der Waals surface area contributed by atoms with Crippen LogP contribution in [-0.4, -0.2) is 21.2 Å². The molecule has 0 atom stereocenters. The molecule has 1 aromatic heterocycles. The fourth-order valence-corrected chi connectivity index (χ4v) is 2.78. The standard InChI is InChI=1S/C19H18ClN3O4/c1-19(2,3)27-18(26)21-12-5-4-6-13(10-12)23-15-9-11(20)7-8-14(15)16(24)22-17(23)25/h4-10H,1-3H3,(H,21,26)(H,22,24,25). The van der Waals surface area contributed by atoms with Crippen LogP contribution in [0.2, 0.25) is 5.02 Å². The number of carbonyl (C=O) groups excluding carboxylic acids is 1. The van der Waals surface area contributed by atoms with Gasteiger partial charge in [-0.25, -0.2) is 9.59 Å². The third kappa shape index (κ3) is 4.20. The van der Waals surface area contributed by atoms with Gasteiger partial charge < -0.3 is 4.74 Å². The van der Waals surface area contributed by atoms with Crippen molar-refractivity contribution in [1.29, 1.82) is 0 Å². The summed E-state index contributed by atoms with van der Waals surface area (Å²) in [5.41, 5.74) is -0.474. The van der Waals surface area contributed by atoms with Crippen molar-refractivity contribution < 1.29 is 9.53 Å². The smallest absolute Gasteiger partial charge is 0.412 e. The Bertz CT molecular complexity index is 1140. The van der Waals surface area contributed by atoms with Crippen molar-refractivity contribution in [3.05, 3.63) is 68.3 Å². The average Bonchev–Trinajstić information content (AvgIpc) is 2.52. The highest BCUT2D eigenvalue weighted by atomic mass is 35.5. The number of amides is 1. The molecular weight excluding hydrogens is 370 g/mol. The highest BCUT2D eigenvalue weighted by Gasteiger charge is 2.16. The zero-order valence-electron chi connectivity index (χ0n) is 15.0. The number of anilines is 1. The highest BCUT2D eigenvalue weighted by Crippen LogP contribution is 2.21. The number of hydrogen-bond acceptors (Lipinski definition) is 4. The molecule has 1 amide bonds. The monoisotopic (exact) mass is 387 g/mol. The summed E-state index contributed by atoms with van der Waals surface area (Å²) in [5.74, 6) is 0. The van der Waals surface area contributed by atoms with Crippen molar-refractivity contribution in [3.8, 4) is 5.69 Å². The van der Waals surface area contributed by atoms with Crippen LogP contribution in [0.15, 0.2) is 52.1 Å². The molecule has 0 spiro atoms. The van der Waals surface area contributed by atoms with Gasteiger partial charge >= 0.3 is 11.8 Å². The van der Waals surface area contributed by atoms with E-state index in [4.69, 9.17) is 16.3 Å². The van der Waals surface area contributed by atoms with E-state index in [1.165, 1.54) is 4.57 Å². The van der Waals surface area contributed by atoms with Crippen LogP contribution in [0.3, 0.4) is 0 Å². The van der Waals surface area contributed by atoms with Crippen LogP contribution in [0, 0.1) is 0 Å². The molecule has 0 aliphatic heterocycles. The van der Waals surface area contributed by atoms with Crippen LogP contribution in [0.5, 0.6) is 0 Å². The molecule has 7 nitrogen and oxygen atoms in total. The van der Waals surface area contributed by atoms with Gasteiger partial charge in [-0.05, 0) is 57.2 Å². The maximum Gasteiger partial charge on any atom is 0.412 e. The summed E-state index contributed by atoms with van der Waals surface area (Å²) in [6.45, 7) is 5.29. The third-order valence-electron chi connectivity index (χ3n) is 3.62. The van der Waals surface area contributed by atoms with Crippen molar-refractivity contribution in [3.63, 3.8) is 0 Å². The maximum absolute atomic E-state index is 12.4. The summed E-state index contributed by atoms with van der Waals surface area (Å²) >= 11 is 6.04. The number of ether oxygens (including phenoxy) is 1. The summed E-state index contributed by atoms with van der Waals surface area (Å²) in [6, 6.07) is 11.3. The third-order valence-corrected chi connectivity index (χ3v) is 3.85. The van der Waals surface area contributed by atoms with Crippen molar-refractivity contribution in [2.75, 3.05) is 5.32 Å². The molecule has 0 saturated heterocycles. The van der Waals surface area contributed by atoms with Crippen LogP contribution in [-0.2, 0) is 4.74 Å². The predicted octanol–water partition coefficient (Wildman–Crippen LogP) is 3.68. The second kappa shape index (κ2) is 6.92. The fraction of sp³-hybridized carbons (Fsp3) is 0.211. The topological polar surface area (TPSA) is 93.2 Å². The van der Waals surface area contributed by atoms with Gasteiger partial charge in [-0.3, -0.25) is 19.7 Å².